The Bertz CT molecular complexity index is 598. The number of hydrogen-bond acceptors (Lipinski definition) is 3. The molecule has 0 saturated heterocycles. The number of aliphatic carboxylic acids is 1. The molecule has 2 rings (SSSR count). The van der Waals surface area contributed by atoms with Crippen LogP contribution in [0.5, 0.6) is 5.75 Å². The highest BCUT2D eigenvalue weighted by Crippen LogP contribution is 2.36. The first kappa shape index (κ1) is 13.1. The summed E-state index contributed by atoms with van der Waals surface area (Å²) in [5.41, 5.74) is 0.138. The van der Waals surface area contributed by atoms with E-state index in [9.17, 15) is 9.59 Å². The summed E-state index contributed by atoms with van der Waals surface area (Å²) in [7, 11) is 0. The molecule has 1 aliphatic heterocycles. The monoisotopic (exact) mass is 258 g/mol. The summed E-state index contributed by atoms with van der Waals surface area (Å²) in [6.07, 6.45) is 4.10. The summed E-state index contributed by atoms with van der Waals surface area (Å²) in [6, 6.07) is 7.05. The number of carboxylic acids is 1. The van der Waals surface area contributed by atoms with E-state index in [1.807, 2.05) is 0 Å². The van der Waals surface area contributed by atoms with Gasteiger partial charge in [-0.1, -0.05) is 23.8 Å². The zero-order valence-electron chi connectivity index (χ0n) is 10.7. The van der Waals surface area contributed by atoms with Gasteiger partial charge in [0.25, 0.3) is 0 Å². The van der Waals surface area contributed by atoms with Gasteiger partial charge in [0.1, 0.15) is 5.75 Å². The lowest BCUT2D eigenvalue weighted by atomic mass is 9.95. The van der Waals surface area contributed by atoms with Crippen LogP contribution in [0.25, 0.3) is 0 Å². The normalized spacial score (nSPS) is 22.4. The maximum absolute atomic E-state index is 12.3. The molecule has 1 aromatic carbocycles. The number of ketones is 1. The number of Topliss-reactive ketones (excluding diaryl/α,β-unsaturated/α-hetero) is 1. The van der Waals surface area contributed by atoms with Crippen molar-refractivity contribution in [3.05, 3.63) is 53.6 Å². The Morgan fingerprint density at radius 1 is 1.32 bits per heavy atom. The zero-order chi connectivity index (χ0) is 14.0. The van der Waals surface area contributed by atoms with E-state index in [2.05, 4.69) is 0 Å². The molecule has 0 bridgehead atoms. The highest BCUT2D eigenvalue weighted by molar-refractivity contribution is 6.08. The van der Waals surface area contributed by atoms with Crippen molar-refractivity contribution in [2.75, 3.05) is 0 Å². The van der Waals surface area contributed by atoms with Crippen LogP contribution in [0, 0.1) is 0 Å². The summed E-state index contributed by atoms with van der Waals surface area (Å²) in [6.45, 7) is 3.40. The largest absolute Gasteiger partial charge is 0.478 e. The van der Waals surface area contributed by atoms with Gasteiger partial charge in [0.15, 0.2) is 5.60 Å². The van der Waals surface area contributed by atoms with Crippen molar-refractivity contribution in [1.29, 1.82) is 0 Å². The van der Waals surface area contributed by atoms with E-state index < -0.39 is 11.6 Å². The Labute approximate surface area is 111 Å². The third-order valence-corrected chi connectivity index (χ3v) is 2.90. The number of carbonyl (C=O) groups excluding carboxylic acids is 1. The van der Waals surface area contributed by atoms with Gasteiger partial charge in [-0.15, -0.1) is 0 Å². The molecule has 19 heavy (non-hydrogen) atoms. The van der Waals surface area contributed by atoms with Gasteiger partial charge in [0, 0.05) is 6.08 Å². The topological polar surface area (TPSA) is 63.6 Å². The molecule has 0 radical (unpaired) electrons. The van der Waals surface area contributed by atoms with Crippen molar-refractivity contribution >= 4 is 11.8 Å². The molecule has 4 heteroatoms. The lowest BCUT2D eigenvalue weighted by Crippen LogP contribution is -2.34. The van der Waals surface area contributed by atoms with E-state index in [1.54, 1.807) is 44.2 Å². The van der Waals surface area contributed by atoms with Gasteiger partial charge in [0.05, 0.1) is 5.56 Å². The molecule has 1 heterocycles. The fraction of sp³-hybridized carbons (Fsp3) is 0.200. The van der Waals surface area contributed by atoms with Crippen molar-refractivity contribution in [3.63, 3.8) is 0 Å². The van der Waals surface area contributed by atoms with Gasteiger partial charge < -0.3 is 9.84 Å². The Hall–Kier alpha value is -2.36. The fourth-order valence-electron chi connectivity index (χ4n) is 2.07. The Balaban J connectivity index is 2.30. The number of rotatable bonds is 3. The molecule has 1 aromatic rings. The molecule has 0 amide bonds. The molecule has 4 nitrogen and oxygen atoms in total. The summed E-state index contributed by atoms with van der Waals surface area (Å²) in [5, 5.41) is 8.57. The van der Waals surface area contributed by atoms with Crippen LogP contribution in [-0.2, 0) is 4.79 Å². The van der Waals surface area contributed by atoms with Gasteiger partial charge >= 0.3 is 5.97 Å². The molecule has 1 aliphatic rings. The predicted molar refractivity (Wildman–Crippen MR) is 70.3 cm³/mol. The highest BCUT2D eigenvalue weighted by Gasteiger charge is 2.41. The second-order valence-corrected chi connectivity index (χ2v) is 4.59. The van der Waals surface area contributed by atoms with Gasteiger partial charge in [-0.3, -0.25) is 4.79 Å². The van der Waals surface area contributed by atoms with Gasteiger partial charge in [-0.05, 0) is 32.1 Å². The smallest absolute Gasteiger partial charge is 0.328 e. The molecular formula is C15H14O4. The van der Waals surface area contributed by atoms with Crippen LogP contribution in [0.4, 0.5) is 0 Å². The van der Waals surface area contributed by atoms with E-state index >= 15 is 0 Å². The van der Waals surface area contributed by atoms with Crippen LogP contribution < -0.4 is 4.74 Å². The number of ether oxygens (including phenoxy) is 1. The van der Waals surface area contributed by atoms with E-state index in [-0.39, 0.29) is 5.78 Å². The van der Waals surface area contributed by atoms with Gasteiger partial charge in [0.2, 0.25) is 5.78 Å². The SMILES string of the molecule is CC(/C=C/C(=O)O)=C\C1(C)Oc2ccccc2C1=O. The van der Waals surface area contributed by atoms with Crippen molar-refractivity contribution in [2.45, 2.75) is 19.4 Å². The lowest BCUT2D eigenvalue weighted by Gasteiger charge is -2.18. The highest BCUT2D eigenvalue weighted by atomic mass is 16.5. The maximum atomic E-state index is 12.3. The Morgan fingerprint density at radius 3 is 2.63 bits per heavy atom. The summed E-state index contributed by atoms with van der Waals surface area (Å²) < 4.78 is 5.68. The van der Waals surface area contributed by atoms with Gasteiger partial charge in [-0.25, -0.2) is 4.79 Å². The van der Waals surface area contributed by atoms with E-state index in [1.165, 1.54) is 6.08 Å². The Morgan fingerprint density at radius 2 is 2.00 bits per heavy atom. The molecule has 0 aromatic heterocycles. The van der Waals surface area contributed by atoms with Crippen LogP contribution >= 0.6 is 0 Å². The fourth-order valence-corrected chi connectivity index (χ4v) is 2.07. The second-order valence-electron chi connectivity index (χ2n) is 4.59. The number of fused-ring (bicyclic) bond motifs is 1. The summed E-state index contributed by atoms with van der Waals surface area (Å²) >= 11 is 0. The first-order valence-corrected chi connectivity index (χ1v) is 5.86. The van der Waals surface area contributed by atoms with Crippen LogP contribution in [-0.4, -0.2) is 22.5 Å². The molecule has 0 saturated carbocycles. The number of carbonyl (C=O) groups is 2. The number of para-hydroxylation sites is 1. The summed E-state index contributed by atoms with van der Waals surface area (Å²) in [4.78, 5) is 22.7. The van der Waals surface area contributed by atoms with Crippen LogP contribution in [0.1, 0.15) is 24.2 Å². The first-order valence-electron chi connectivity index (χ1n) is 5.86. The number of allylic oxidation sites excluding steroid dienone is 2. The van der Waals surface area contributed by atoms with Crippen molar-refractivity contribution in [3.8, 4) is 5.75 Å². The molecule has 1 atom stereocenters. The predicted octanol–water partition coefficient (Wildman–Crippen LogP) is 2.61. The standard InChI is InChI=1S/C15H14O4/c1-10(7-8-13(16)17)9-15(2)14(18)11-5-3-4-6-12(11)19-15/h3-9H,1-2H3,(H,16,17)/b8-7+,10-9+. The van der Waals surface area contributed by atoms with Crippen LogP contribution in [0.3, 0.4) is 0 Å². The third-order valence-electron chi connectivity index (χ3n) is 2.90. The van der Waals surface area contributed by atoms with E-state index in [4.69, 9.17) is 9.84 Å². The summed E-state index contributed by atoms with van der Waals surface area (Å²) in [5.74, 6) is -0.590. The third kappa shape index (κ3) is 2.57. The molecule has 0 aliphatic carbocycles. The molecular weight excluding hydrogens is 244 g/mol. The Kier molecular flexibility index (Phi) is 3.25. The van der Waals surface area contributed by atoms with Crippen molar-refractivity contribution in [2.24, 2.45) is 0 Å². The lowest BCUT2D eigenvalue weighted by molar-refractivity contribution is -0.131. The molecule has 1 N–H and O–H groups in total. The van der Waals surface area contributed by atoms with Gasteiger partial charge in [-0.2, -0.15) is 0 Å². The molecule has 0 spiro atoms. The zero-order valence-corrected chi connectivity index (χ0v) is 10.7. The molecule has 0 fully saturated rings. The van der Waals surface area contributed by atoms with E-state index in [0.29, 0.717) is 16.9 Å². The minimum Gasteiger partial charge on any atom is -0.478 e. The quantitative estimate of drug-likeness (QED) is 0.668. The van der Waals surface area contributed by atoms with Crippen LogP contribution in [0.2, 0.25) is 0 Å². The van der Waals surface area contributed by atoms with Crippen molar-refractivity contribution in [1.82, 2.24) is 0 Å². The first-order chi connectivity index (χ1) is 8.92. The molecule has 98 valence electrons. The number of carboxylic acid groups (broad SMARTS) is 1. The average Bonchev–Trinajstić information content (AvgIpc) is 2.59. The number of benzene rings is 1. The van der Waals surface area contributed by atoms with E-state index in [0.717, 1.165) is 6.08 Å². The van der Waals surface area contributed by atoms with Crippen LogP contribution in [0.15, 0.2) is 48.1 Å². The minimum absolute atomic E-state index is 0.119. The maximum Gasteiger partial charge on any atom is 0.328 e. The average molecular weight is 258 g/mol. The minimum atomic E-state index is -1.07. The number of hydrogen-bond donors (Lipinski definition) is 1. The molecule has 1 unspecified atom stereocenters. The van der Waals surface area contributed by atoms with Crippen molar-refractivity contribution < 1.29 is 19.4 Å². The second kappa shape index (κ2) is 4.72.